The van der Waals surface area contributed by atoms with Gasteiger partial charge in [0.05, 0.1) is 24.5 Å². The number of carbonyl (C=O) groups is 2. The van der Waals surface area contributed by atoms with E-state index >= 15 is 0 Å². The van der Waals surface area contributed by atoms with E-state index in [1.807, 2.05) is 0 Å². The predicted octanol–water partition coefficient (Wildman–Crippen LogP) is 6.16. The molecular weight excluding hydrogens is 521 g/mol. The number of thiophene rings is 1. The fourth-order valence-electron chi connectivity index (χ4n) is 4.65. The fourth-order valence-corrected chi connectivity index (χ4v) is 6.18. The summed E-state index contributed by atoms with van der Waals surface area (Å²) in [5.74, 6) is -1.19. The van der Waals surface area contributed by atoms with Crippen LogP contribution < -0.4 is 10.6 Å². The number of nitrogens with zero attached hydrogens (tertiary/aromatic N) is 2. The summed E-state index contributed by atoms with van der Waals surface area (Å²) in [6, 6.07) is 0.303. The molecule has 0 aromatic carbocycles. The van der Waals surface area contributed by atoms with Gasteiger partial charge in [-0.1, -0.05) is 11.6 Å². The van der Waals surface area contributed by atoms with Gasteiger partial charge in [0.15, 0.2) is 11.7 Å². The number of hydrogen-bond acceptors (Lipinski definition) is 7. The third kappa shape index (κ3) is 4.36. The van der Waals surface area contributed by atoms with Crippen LogP contribution in [0.25, 0.3) is 0 Å². The number of ether oxygens (including phenoxy) is 1. The first-order chi connectivity index (χ1) is 17.2. The van der Waals surface area contributed by atoms with Crippen LogP contribution >= 0.6 is 22.9 Å². The molecule has 2 aliphatic rings. The number of esters is 1. The lowest BCUT2D eigenvalue weighted by Crippen LogP contribution is -2.35. The van der Waals surface area contributed by atoms with Crippen molar-refractivity contribution < 1.29 is 31.9 Å². The van der Waals surface area contributed by atoms with Gasteiger partial charge in [-0.2, -0.15) is 18.3 Å². The van der Waals surface area contributed by atoms with Gasteiger partial charge in [-0.05, 0) is 50.3 Å². The highest BCUT2D eigenvalue weighted by atomic mass is 35.5. The van der Waals surface area contributed by atoms with E-state index in [-0.39, 0.29) is 33.7 Å². The van der Waals surface area contributed by atoms with Gasteiger partial charge in [-0.3, -0.25) is 4.79 Å². The Balaban J connectivity index is 1.50. The van der Waals surface area contributed by atoms with Crippen molar-refractivity contribution in [3.63, 3.8) is 0 Å². The zero-order valence-electron chi connectivity index (χ0n) is 19.1. The van der Waals surface area contributed by atoms with Crippen molar-refractivity contribution in [2.45, 2.75) is 57.3 Å². The fraction of sp³-hybridized carbons (Fsp3) is 0.435. The molecule has 3 aromatic heterocycles. The Morgan fingerprint density at radius 2 is 2.14 bits per heavy atom. The van der Waals surface area contributed by atoms with E-state index in [2.05, 4.69) is 15.7 Å². The summed E-state index contributed by atoms with van der Waals surface area (Å²) in [5, 5.41) is 9.55. The van der Waals surface area contributed by atoms with Gasteiger partial charge in [0, 0.05) is 11.3 Å². The Bertz CT molecular complexity index is 1300. The number of furan rings is 1. The molecule has 3 aromatic rings. The maximum Gasteiger partial charge on any atom is 0.410 e. The summed E-state index contributed by atoms with van der Waals surface area (Å²) in [6.45, 7) is 1.85. The molecule has 0 radical (unpaired) electrons. The average molecular weight is 543 g/mol. The first kappa shape index (κ1) is 24.7. The third-order valence-electron chi connectivity index (χ3n) is 6.28. The van der Waals surface area contributed by atoms with Crippen molar-refractivity contribution in [1.29, 1.82) is 0 Å². The van der Waals surface area contributed by atoms with Crippen LogP contribution in [0.15, 0.2) is 22.8 Å². The Kier molecular flexibility index (Phi) is 6.50. The predicted molar refractivity (Wildman–Crippen MR) is 127 cm³/mol. The van der Waals surface area contributed by atoms with Crippen LogP contribution in [0.2, 0.25) is 5.02 Å². The molecule has 36 heavy (non-hydrogen) atoms. The molecule has 8 nitrogen and oxygen atoms in total. The number of anilines is 2. The van der Waals surface area contributed by atoms with E-state index in [1.54, 1.807) is 19.1 Å². The second kappa shape index (κ2) is 9.47. The van der Waals surface area contributed by atoms with Crippen molar-refractivity contribution in [1.82, 2.24) is 9.78 Å². The standard InChI is InChI=1S/C23H22ClF3N4O4S/c1-2-34-22(33)16-11-6-3-4-8-14(11)36-21(16)29-20(32)18-17(24)19-28-12(13-7-5-9-35-13)10-15(23(25,26)27)31(19)30-18/h5,7,9,12,15,28H,2-4,6,8,10H2,1H3,(H,29,32)/t12-,15-/m1/s1. The van der Waals surface area contributed by atoms with Gasteiger partial charge in [-0.15, -0.1) is 11.3 Å². The summed E-state index contributed by atoms with van der Waals surface area (Å²) >= 11 is 7.67. The number of amides is 1. The van der Waals surface area contributed by atoms with E-state index < -0.39 is 36.6 Å². The molecule has 1 amide bonds. The molecule has 5 rings (SSSR count). The highest BCUT2D eigenvalue weighted by Crippen LogP contribution is 2.46. The van der Waals surface area contributed by atoms with Gasteiger partial charge < -0.3 is 19.8 Å². The molecule has 0 spiro atoms. The van der Waals surface area contributed by atoms with Crippen LogP contribution in [0.1, 0.15) is 75.3 Å². The number of rotatable bonds is 5. The van der Waals surface area contributed by atoms with Gasteiger partial charge in [0.1, 0.15) is 21.6 Å². The normalized spacial score (nSPS) is 19.2. The SMILES string of the molecule is CCOC(=O)c1c(NC(=O)c2nn3c(c2Cl)N[C@@H](c2ccco2)C[C@@H]3C(F)(F)F)sc2c1CCCC2. The zero-order chi connectivity index (χ0) is 25.6. The van der Waals surface area contributed by atoms with Crippen molar-refractivity contribution in [2.24, 2.45) is 0 Å². The maximum absolute atomic E-state index is 14.0. The minimum absolute atomic E-state index is 0.132. The molecule has 2 atom stereocenters. The van der Waals surface area contributed by atoms with Crippen LogP contribution in [0.4, 0.5) is 24.0 Å². The minimum atomic E-state index is -4.64. The van der Waals surface area contributed by atoms with E-state index in [0.29, 0.717) is 16.9 Å². The summed E-state index contributed by atoms with van der Waals surface area (Å²) in [5.41, 5.74) is 0.749. The van der Waals surface area contributed by atoms with Crippen molar-refractivity contribution in [2.75, 3.05) is 17.2 Å². The summed E-state index contributed by atoms with van der Waals surface area (Å²) < 4.78 is 53.1. The molecule has 0 saturated carbocycles. The number of fused-ring (bicyclic) bond motifs is 2. The van der Waals surface area contributed by atoms with Crippen LogP contribution in [0.5, 0.6) is 0 Å². The third-order valence-corrected chi connectivity index (χ3v) is 7.84. The largest absolute Gasteiger partial charge is 0.467 e. The van der Waals surface area contributed by atoms with Crippen LogP contribution in [0.3, 0.4) is 0 Å². The lowest BCUT2D eigenvalue weighted by atomic mass is 9.95. The molecule has 0 saturated heterocycles. The molecule has 13 heteroatoms. The first-order valence-electron chi connectivity index (χ1n) is 11.5. The molecule has 2 N–H and O–H groups in total. The monoisotopic (exact) mass is 542 g/mol. The Hall–Kier alpha value is -2.99. The number of alkyl halides is 3. The van der Waals surface area contributed by atoms with E-state index in [4.69, 9.17) is 20.8 Å². The molecule has 1 aliphatic carbocycles. The molecule has 192 valence electrons. The number of aryl methyl sites for hydroxylation is 1. The number of carbonyl (C=O) groups excluding carboxylic acids is 2. The molecule has 0 unspecified atom stereocenters. The maximum atomic E-state index is 14.0. The van der Waals surface area contributed by atoms with Gasteiger partial charge >= 0.3 is 12.1 Å². The Labute approximate surface area is 212 Å². The summed E-state index contributed by atoms with van der Waals surface area (Å²) in [6.07, 6.45) is -0.349. The molecule has 4 heterocycles. The van der Waals surface area contributed by atoms with Crippen LogP contribution in [0, 0.1) is 0 Å². The van der Waals surface area contributed by atoms with Crippen LogP contribution in [-0.2, 0) is 17.6 Å². The van der Waals surface area contributed by atoms with Gasteiger partial charge in [0.25, 0.3) is 5.91 Å². The lowest BCUT2D eigenvalue weighted by molar-refractivity contribution is -0.174. The summed E-state index contributed by atoms with van der Waals surface area (Å²) in [4.78, 5) is 26.9. The molecule has 1 aliphatic heterocycles. The topological polar surface area (TPSA) is 98.4 Å². The van der Waals surface area contributed by atoms with Crippen molar-refractivity contribution in [3.05, 3.63) is 50.9 Å². The number of hydrogen-bond donors (Lipinski definition) is 2. The van der Waals surface area contributed by atoms with Crippen molar-refractivity contribution in [3.8, 4) is 0 Å². The average Bonchev–Trinajstić information content (AvgIpc) is 3.55. The Morgan fingerprint density at radius 1 is 1.36 bits per heavy atom. The Morgan fingerprint density at radius 3 is 2.83 bits per heavy atom. The smallest absolute Gasteiger partial charge is 0.410 e. The van der Waals surface area contributed by atoms with Crippen LogP contribution in [-0.4, -0.2) is 34.4 Å². The minimum Gasteiger partial charge on any atom is -0.467 e. The van der Waals surface area contributed by atoms with Gasteiger partial charge in [0.2, 0.25) is 0 Å². The number of halogens is 4. The highest BCUT2D eigenvalue weighted by molar-refractivity contribution is 7.17. The number of nitrogens with one attached hydrogen (secondary N) is 2. The molecule has 0 fully saturated rings. The summed E-state index contributed by atoms with van der Waals surface area (Å²) in [7, 11) is 0. The number of aromatic nitrogens is 2. The second-order valence-electron chi connectivity index (χ2n) is 8.55. The van der Waals surface area contributed by atoms with Gasteiger partial charge in [-0.25, -0.2) is 9.48 Å². The van der Waals surface area contributed by atoms with E-state index in [0.717, 1.165) is 29.7 Å². The van der Waals surface area contributed by atoms with E-state index in [9.17, 15) is 22.8 Å². The second-order valence-corrected chi connectivity index (χ2v) is 10.0. The highest BCUT2D eigenvalue weighted by Gasteiger charge is 2.48. The quantitative estimate of drug-likeness (QED) is 0.375. The molecular formula is C23H22ClF3N4O4S. The zero-order valence-corrected chi connectivity index (χ0v) is 20.6. The first-order valence-corrected chi connectivity index (χ1v) is 12.7. The molecule has 0 bridgehead atoms. The lowest BCUT2D eigenvalue weighted by Gasteiger charge is -2.32. The van der Waals surface area contributed by atoms with Crippen molar-refractivity contribution >= 4 is 45.6 Å². The van der Waals surface area contributed by atoms with E-state index in [1.165, 1.54) is 17.6 Å².